The number of rotatable bonds is 7. The first-order chi connectivity index (χ1) is 9.38. The summed E-state index contributed by atoms with van der Waals surface area (Å²) >= 11 is 0. The molecular formula is C17H31N3. The van der Waals surface area contributed by atoms with Crippen LogP contribution in [0.5, 0.6) is 0 Å². The highest BCUT2D eigenvalue weighted by molar-refractivity contribution is 5.30. The molecule has 1 aromatic carbocycles. The second kappa shape index (κ2) is 7.77. The molecule has 1 aromatic rings. The van der Waals surface area contributed by atoms with Crippen LogP contribution in [0.3, 0.4) is 0 Å². The Labute approximate surface area is 124 Å². The number of nitrogens with zero attached hydrogens (tertiary/aromatic N) is 2. The highest BCUT2D eigenvalue weighted by Gasteiger charge is 2.27. The molecule has 0 fully saturated rings. The molecule has 1 rings (SSSR count). The maximum atomic E-state index is 6.33. The molecule has 0 amide bonds. The van der Waals surface area contributed by atoms with Gasteiger partial charge in [0.2, 0.25) is 0 Å². The molecule has 0 aliphatic rings. The molecule has 114 valence electrons. The Morgan fingerprint density at radius 2 is 1.75 bits per heavy atom. The Bertz CT molecular complexity index is 401. The van der Waals surface area contributed by atoms with Crippen LogP contribution in [0.15, 0.2) is 24.3 Å². The lowest BCUT2D eigenvalue weighted by Gasteiger charge is -2.39. The van der Waals surface area contributed by atoms with Crippen molar-refractivity contribution < 1.29 is 0 Å². The Balaban J connectivity index is 3.08. The second-order valence-corrected chi connectivity index (χ2v) is 6.10. The van der Waals surface area contributed by atoms with Crippen molar-refractivity contribution in [3.8, 4) is 0 Å². The molecule has 0 aliphatic carbocycles. The summed E-state index contributed by atoms with van der Waals surface area (Å²) in [7, 11) is 4.25. The van der Waals surface area contributed by atoms with Gasteiger partial charge in [-0.3, -0.25) is 4.90 Å². The molecule has 3 atom stereocenters. The van der Waals surface area contributed by atoms with Gasteiger partial charge in [-0.25, -0.2) is 0 Å². The molecular weight excluding hydrogens is 246 g/mol. The van der Waals surface area contributed by atoms with E-state index < -0.39 is 0 Å². The predicted molar refractivity (Wildman–Crippen MR) is 88.0 cm³/mol. The molecule has 0 radical (unpaired) electrons. The minimum atomic E-state index is 0.112. The first-order valence-electron chi connectivity index (χ1n) is 7.60. The molecule has 2 N–H and O–H groups in total. The number of aryl methyl sites for hydroxylation is 1. The Kier molecular flexibility index (Phi) is 6.66. The van der Waals surface area contributed by atoms with Crippen LogP contribution in [-0.2, 0) is 0 Å². The van der Waals surface area contributed by atoms with E-state index in [-0.39, 0.29) is 12.1 Å². The summed E-state index contributed by atoms with van der Waals surface area (Å²) in [6.07, 6.45) is 0. The molecule has 0 aliphatic heterocycles. The van der Waals surface area contributed by atoms with Crippen LogP contribution in [0.2, 0.25) is 0 Å². The largest absolute Gasteiger partial charge is 0.326 e. The van der Waals surface area contributed by atoms with Crippen LogP contribution in [0.1, 0.15) is 37.9 Å². The first-order valence-corrected chi connectivity index (χ1v) is 7.60. The third kappa shape index (κ3) is 4.30. The molecule has 3 nitrogen and oxygen atoms in total. The molecule has 0 heterocycles. The number of benzene rings is 1. The number of hydrogen-bond acceptors (Lipinski definition) is 3. The zero-order valence-corrected chi connectivity index (χ0v) is 13.9. The van der Waals surface area contributed by atoms with Gasteiger partial charge >= 0.3 is 0 Å². The van der Waals surface area contributed by atoms with Crippen LogP contribution in [0, 0.1) is 6.92 Å². The van der Waals surface area contributed by atoms with E-state index in [4.69, 9.17) is 5.73 Å². The zero-order chi connectivity index (χ0) is 15.3. The molecule has 3 unspecified atom stereocenters. The maximum Gasteiger partial charge on any atom is 0.0502 e. The van der Waals surface area contributed by atoms with Crippen molar-refractivity contribution in [1.29, 1.82) is 0 Å². The smallest absolute Gasteiger partial charge is 0.0502 e. The highest BCUT2D eigenvalue weighted by atomic mass is 15.2. The fourth-order valence-electron chi connectivity index (χ4n) is 3.10. The number of nitrogens with two attached hydrogens (primary N) is 1. The lowest BCUT2D eigenvalue weighted by molar-refractivity contribution is 0.113. The molecule has 0 spiro atoms. The summed E-state index contributed by atoms with van der Waals surface area (Å²) in [5, 5.41) is 0. The first kappa shape index (κ1) is 17.2. The van der Waals surface area contributed by atoms with E-state index in [0.717, 1.165) is 13.1 Å². The molecule has 0 aromatic heterocycles. The van der Waals surface area contributed by atoms with E-state index in [2.05, 4.69) is 75.9 Å². The average molecular weight is 277 g/mol. The topological polar surface area (TPSA) is 32.5 Å². The lowest BCUT2D eigenvalue weighted by atomic mass is 9.94. The second-order valence-electron chi connectivity index (χ2n) is 6.10. The summed E-state index contributed by atoms with van der Waals surface area (Å²) in [6, 6.07) is 9.46. The van der Waals surface area contributed by atoms with Gasteiger partial charge in [-0.15, -0.1) is 0 Å². The van der Waals surface area contributed by atoms with Crippen LogP contribution < -0.4 is 5.73 Å². The summed E-state index contributed by atoms with van der Waals surface area (Å²) in [6.45, 7) is 10.9. The molecule has 0 bridgehead atoms. The Morgan fingerprint density at radius 1 is 1.15 bits per heavy atom. The van der Waals surface area contributed by atoms with Crippen LogP contribution in [0.4, 0.5) is 0 Å². The van der Waals surface area contributed by atoms with E-state index in [9.17, 15) is 0 Å². The van der Waals surface area contributed by atoms with Crippen molar-refractivity contribution in [2.75, 3.05) is 27.2 Å². The normalized spacial score (nSPS) is 16.4. The molecule has 0 saturated heterocycles. The van der Waals surface area contributed by atoms with Gasteiger partial charge in [-0.05, 0) is 52.5 Å². The average Bonchev–Trinajstić information content (AvgIpc) is 2.35. The van der Waals surface area contributed by atoms with Crippen molar-refractivity contribution in [3.05, 3.63) is 35.4 Å². The summed E-state index contributed by atoms with van der Waals surface area (Å²) < 4.78 is 0. The predicted octanol–water partition coefficient (Wildman–Crippen LogP) is 2.66. The Hall–Kier alpha value is -0.900. The van der Waals surface area contributed by atoms with Crippen LogP contribution in [0.25, 0.3) is 0 Å². The summed E-state index contributed by atoms with van der Waals surface area (Å²) in [5.41, 5.74) is 9.01. The van der Waals surface area contributed by atoms with E-state index in [1.165, 1.54) is 11.1 Å². The van der Waals surface area contributed by atoms with Crippen molar-refractivity contribution in [1.82, 2.24) is 9.80 Å². The summed E-state index contributed by atoms with van der Waals surface area (Å²) in [4.78, 5) is 4.76. The maximum absolute atomic E-state index is 6.33. The molecule has 0 saturated carbocycles. The van der Waals surface area contributed by atoms with E-state index in [1.807, 2.05) is 0 Å². The van der Waals surface area contributed by atoms with E-state index >= 15 is 0 Å². The van der Waals surface area contributed by atoms with E-state index in [1.54, 1.807) is 0 Å². The van der Waals surface area contributed by atoms with Crippen molar-refractivity contribution in [2.24, 2.45) is 5.73 Å². The fraction of sp³-hybridized carbons (Fsp3) is 0.647. The van der Waals surface area contributed by atoms with Gasteiger partial charge in [0.25, 0.3) is 0 Å². The molecule has 20 heavy (non-hydrogen) atoms. The monoisotopic (exact) mass is 277 g/mol. The summed E-state index contributed by atoms with van der Waals surface area (Å²) in [5.74, 6) is 0. The fourth-order valence-corrected chi connectivity index (χ4v) is 3.10. The third-order valence-electron chi connectivity index (χ3n) is 3.92. The van der Waals surface area contributed by atoms with Crippen molar-refractivity contribution in [3.63, 3.8) is 0 Å². The molecule has 3 heteroatoms. The van der Waals surface area contributed by atoms with Crippen LogP contribution >= 0.6 is 0 Å². The van der Waals surface area contributed by atoms with Gasteiger partial charge in [-0.2, -0.15) is 0 Å². The van der Waals surface area contributed by atoms with Gasteiger partial charge in [0.15, 0.2) is 0 Å². The SMILES string of the molecule is CCN(C(C)CN(C)C)C(c1ccccc1C)C(C)N. The standard InChI is InChI=1S/C17H31N3/c1-7-20(14(3)12-19(5)6)17(15(4)18)16-11-9-8-10-13(16)2/h8-11,14-15,17H,7,12,18H2,1-6H3. The Morgan fingerprint density at radius 3 is 2.20 bits per heavy atom. The van der Waals surface area contributed by atoms with Crippen molar-refractivity contribution >= 4 is 0 Å². The van der Waals surface area contributed by atoms with Gasteiger partial charge in [-0.1, -0.05) is 31.2 Å². The van der Waals surface area contributed by atoms with Gasteiger partial charge in [0.05, 0.1) is 6.04 Å². The zero-order valence-electron chi connectivity index (χ0n) is 13.9. The van der Waals surface area contributed by atoms with E-state index in [0.29, 0.717) is 6.04 Å². The third-order valence-corrected chi connectivity index (χ3v) is 3.92. The van der Waals surface area contributed by atoms with Crippen molar-refractivity contribution in [2.45, 2.75) is 45.8 Å². The van der Waals surface area contributed by atoms with Gasteiger partial charge in [0.1, 0.15) is 0 Å². The van der Waals surface area contributed by atoms with Crippen LogP contribution in [-0.4, -0.2) is 49.1 Å². The number of hydrogen-bond donors (Lipinski definition) is 1. The quantitative estimate of drug-likeness (QED) is 0.831. The minimum absolute atomic E-state index is 0.112. The van der Waals surface area contributed by atoms with Gasteiger partial charge in [0, 0.05) is 18.6 Å². The number of likely N-dealkylation sites (N-methyl/N-ethyl adjacent to an activating group) is 2. The highest BCUT2D eigenvalue weighted by Crippen LogP contribution is 2.28. The van der Waals surface area contributed by atoms with Gasteiger partial charge < -0.3 is 10.6 Å². The minimum Gasteiger partial charge on any atom is -0.326 e. The lowest BCUT2D eigenvalue weighted by Crippen LogP contribution is -2.47.